The second-order valence-corrected chi connectivity index (χ2v) is 4.84. The molecule has 2 aliphatic carbocycles. The third-order valence-corrected chi connectivity index (χ3v) is 3.89. The van der Waals surface area contributed by atoms with Crippen molar-refractivity contribution in [2.24, 2.45) is 17.3 Å². The van der Waals surface area contributed by atoms with Crippen molar-refractivity contribution in [2.75, 3.05) is 0 Å². The van der Waals surface area contributed by atoms with Crippen LogP contribution in [0.5, 0.6) is 0 Å². The van der Waals surface area contributed by atoms with Crippen LogP contribution in [0, 0.1) is 29.6 Å². The molecule has 2 rings (SSSR count). The van der Waals surface area contributed by atoms with E-state index in [0.29, 0.717) is 11.8 Å². The molecule has 1 fully saturated rings. The van der Waals surface area contributed by atoms with Crippen molar-refractivity contribution in [2.45, 2.75) is 26.2 Å². The Morgan fingerprint density at radius 2 is 2.47 bits per heavy atom. The van der Waals surface area contributed by atoms with Crippen molar-refractivity contribution < 1.29 is 4.79 Å². The molecule has 0 N–H and O–H groups in total. The van der Waals surface area contributed by atoms with Crippen LogP contribution in [-0.2, 0) is 4.79 Å². The Kier molecular flexibility index (Phi) is 2.52. The number of aldehydes is 1. The van der Waals surface area contributed by atoms with Crippen LogP contribution in [-0.4, -0.2) is 6.29 Å². The zero-order valence-electron chi connectivity index (χ0n) is 9.07. The predicted molar refractivity (Wildman–Crippen MR) is 61.1 cm³/mol. The van der Waals surface area contributed by atoms with E-state index in [1.807, 2.05) is 12.2 Å². The maximum absolute atomic E-state index is 11.0. The molecule has 0 aromatic carbocycles. The highest BCUT2D eigenvalue weighted by Gasteiger charge is 2.40. The molecule has 78 valence electrons. The SMILES string of the molecule is C#CC1CCC2(C)C=CC=C(C=O)C2C1. The molecule has 0 radical (unpaired) electrons. The van der Waals surface area contributed by atoms with E-state index in [0.717, 1.165) is 31.1 Å². The Balaban J connectivity index is 2.29. The predicted octanol–water partition coefficient (Wildman–Crippen LogP) is 2.74. The summed E-state index contributed by atoms with van der Waals surface area (Å²) in [5.41, 5.74) is 1.07. The van der Waals surface area contributed by atoms with E-state index in [1.54, 1.807) is 0 Å². The summed E-state index contributed by atoms with van der Waals surface area (Å²) in [5.74, 6) is 3.51. The molecule has 0 spiro atoms. The first-order valence-electron chi connectivity index (χ1n) is 5.50. The second-order valence-electron chi connectivity index (χ2n) is 4.84. The zero-order chi connectivity index (χ0) is 10.9. The number of carbonyl (C=O) groups is 1. The number of hydrogen-bond donors (Lipinski definition) is 0. The summed E-state index contributed by atoms with van der Waals surface area (Å²) in [6, 6.07) is 0. The minimum absolute atomic E-state index is 0.151. The third-order valence-electron chi connectivity index (χ3n) is 3.89. The van der Waals surface area contributed by atoms with Crippen molar-refractivity contribution >= 4 is 6.29 Å². The third kappa shape index (κ3) is 1.65. The molecule has 0 aromatic heterocycles. The normalized spacial score (nSPS) is 38.8. The Bertz CT molecular complexity index is 369. The molecule has 1 heteroatoms. The molecular formula is C14H16O. The zero-order valence-corrected chi connectivity index (χ0v) is 9.07. The van der Waals surface area contributed by atoms with E-state index >= 15 is 0 Å². The number of rotatable bonds is 1. The second kappa shape index (κ2) is 3.70. The average Bonchev–Trinajstić information content (AvgIpc) is 2.27. The largest absolute Gasteiger partial charge is 0.298 e. The molecule has 3 atom stereocenters. The van der Waals surface area contributed by atoms with Gasteiger partial charge in [-0.1, -0.05) is 25.2 Å². The fraction of sp³-hybridized carbons (Fsp3) is 0.500. The van der Waals surface area contributed by atoms with Crippen LogP contribution in [0.25, 0.3) is 0 Å². The van der Waals surface area contributed by atoms with E-state index in [-0.39, 0.29) is 5.41 Å². The quantitative estimate of drug-likeness (QED) is 0.470. The van der Waals surface area contributed by atoms with Crippen LogP contribution in [0.2, 0.25) is 0 Å². The summed E-state index contributed by atoms with van der Waals surface area (Å²) < 4.78 is 0. The Labute approximate surface area is 91.3 Å². The van der Waals surface area contributed by atoms with Gasteiger partial charge in [0, 0.05) is 5.92 Å². The molecular weight excluding hydrogens is 184 g/mol. The average molecular weight is 200 g/mol. The van der Waals surface area contributed by atoms with Gasteiger partial charge < -0.3 is 0 Å². The van der Waals surface area contributed by atoms with E-state index in [4.69, 9.17) is 6.42 Å². The maximum Gasteiger partial charge on any atom is 0.146 e. The molecule has 0 saturated heterocycles. The molecule has 0 heterocycles. The summed E-state index contributed by atoms with van der Waals surface area (Å²) in [4.78, 5) is 11.0. The van der Waals surface area contributed by atoms with Gasteiger partial charge in [-0.2, -0.15) is 0 Å². The van der Waals surface area contributed by atoms with Crippen molar-refractivity contribution in [3.63, 3.8) is 0 Å². The molecule has 2 aliphatic rings. The highest BCUT2D eigenvalue weighted by Crippen LogP contribution is 2.48. The van der Waals surface area contributed by atoms with Gasteiger partial charge in [0.2, 0.25) is 0 Å². The number of carbonyl (C=O) groups excluding carboxylic acids is 1. The van der Waals surface area contributed by atoms with Gasteiger partial charge in [0.15, 0.2) is 0 Å². The summed E-state index contributed by atoms with van der Waals surface area (Å²) in [5, 5.41) is 0. The standard InChI is InChI=1S/C14H16O/c1-3-11-6-8-14(2)7-4-5-12(10-15)13(14)9-11/h1,4-5,7,10-11,13H,6,8-9H2,2H3. The Morgan fingerprint density at radius 3 is 3.13 bits per heavy atom. The van der Waals surface area contributed by atoms with Gasteiger partial charge in [-0.15, -0.1) is 12.3 Å². The lowest BCUT2D eigenvalue weighted by atomic mass is 9.60. The van der Waals surface area contributed by atoms with Crippen molar-refractivity contribution in [1.29, 1.82) is 0 Å². The lowest BCUT2D eigenvalue weighted by Gasteiger charge is -2.43. The van der Waals surface area contributed by atoms with Gasteiger partial charge in [-0.05, 0) is 36.2 Å². The van der Waals surface area contributed by atoms with Gasteiger partial charge in [0.25, 0.3) is 0 Å². The van der Waals surface area contributed by atoms with Gasteiger partial charge in [-0.3, -0.25) is 4.79 Å². The molecule has 1 nitrogen and oxygen atoms in total. The minimum atomic E-state index is 0.151. The van der Waals surface area contributed by atoms with Gasteiger partial charge in [0.1, 0.15) is 6.29 Å². The lowest BCUT2D eigenvalue weighted by molar-refractivity contribution is -0.105. The van der Waals surface area contributed by atoms with Crippen molar-refractivity contribution in [3.8, 4) is 12.3 Å². The summed E-state index contributed by atoms with van der Waals surface area (Å²) in [7, 11) is 0. The van der Waals surface area contributed by atoms with Crippen LogP contribution in [0.3, 0.4) is 0 Å². The summed E-state index contributed by atoms with van der Waals surface area (Å²) in [6.45, 7) is 2.23. The summed E-state index contributed by atoms with van der Waals surface area (Å²) >= 11 is 0. The van der Waals surface area contributed by atoms with Crippen LogP contribution in [0.4, 0.5) is 0 Å². The van der Waals surface area contributed by atoms with Gasteiger partial charge in [0.05, 0.1) is 0 Å². The van der Waals surface area contributed by atoms with Crippen molar-refractivity contribution in [3.05, 3.63) is 23.8 Å². The van der Waals surface area contributed by atoms with Gasteiger partial charge >= 0.3 is 0 Å². The van der Waals surface area contributed by atoms with Crippen LogP contribution in [0.15, 0.2) is 23.8 Å². The van der Waals surface area contributed by atoms with Crippen LogP contribution in [0.1, 0.15) is 26.2 Å². The summed E-state index contributed by atoms with van der Waals surface area (Å²) in [6.07, 6.45) is 15.8. The molecule has 1 saturated carbocycles. The first-order chi connectivity index (χ1) is 7.19. The van der Waals surface area contributed by atoms with Crippen LogP contribution < -0.4 is 0 Å². The smallest absolute Gasteiger partial charge is 0.146 e. The first kappa shape index (κ1) is 10.2. The molecule has 0 aliphatic heterocycles. The maximum atomic E-state index is 11.0. The monoisotopic (exact) mass is 200 g/mol. The minimum Gasteiger partial charge on any atom is -0.298 e. The molecule has 15 heavy (non-hydrogen) atoms. The fourth-order valence-corrected chi connectivity index (χ4v) is 2.82. The van der Waals surface area contributed by atoms with E-state index in [1.165, 1.54) is 0 Å². The number of fused-ring (bicyclic) bond motifs is 1. The number of allylic oxidation sites excluding steroid dienone is 4. The Morgan fingerprint density at radius 1 is 1.67 bits per heavy atom. The molecule has 0 aromatic rings. The van der Waals surface area contributed by atoms with Gasteiger partial charge in [-0.25, -0.2) is 0 Å². The highest BCUT2D eigenvalue weighted by molar-refractivity contribution is 5.75. The first-order valence-corrected chi connectivity index (χ1v) is 5.50. The number of terminal acetylenes is 1. The van der Waals surface area contributed by atoms with Crippen LogP contribution >= 0.6 is 0 Å². The fourth-order valence-electron chi connectivity index (χ4n) is 2.82. The molecule has 3 unspecified atom stereocenters. The Hall–Kier alpha value is -1.29. The highest BCUT2D eigenvalue weighted by atomic mass is 16.1. The molecule has 0 amide bonds. The van der Waals surface area contributed by atoms with E-state index in [9.17, 15) is 4.79 Å². The van der Waals surface area contributed by atoms with E-state index < -0.39 is 0 Å². The van der Waals surface area contributed by atoms with E-state index in [2.05, 4.69) is 18.9 Å². The lowest BCUT2D eigenvalue weighted by Crippen LogP contribution is -2.35. The topological polar surface area (TPSA) is 17.1 Å². The number of hydrogen-bond acceptors (Lipinski definition) is 1. The molecule has 0 bridgehead atoms. The van der Waals surface area contributed by atoms with Crippen molar-refractivity contribution in [1.82, 2.24) is 0 Å².